The van der Waals surface area contributed by atoms with Gasteiger partial charge in [0.05, 0.1) is 6.54 Å². The molecule has 0 saturated carbocycles. The molecule has 0 saturated heterocycles. The van der Waals surface area contributed by atoms with Gasteiger partial charge in [0.15, 0.2) is 0 Å². The number of hydrogen-bond acceptors (Lipinski definition) is 3. The number of nitrogens with one attached hydrogen (secondary N) is 2. The van der Waals surface area contributed by atoms with Crippen LogP contribution in [-0.2, 0) is 21.6 Å². The number of rotatable bonds is 11. The van der Waals surface area contributed by atoms with Crippen molar-refractivity contribution >= 4 is 12.0 Å². The van der Waals surface area contributed by atoms with Crippen molar-refractivity contribution in [3.63, 3.8) is 0 Å². The molecule has 0 bridgehead atoms. The highest BCUT2D eigenvalue weighted by atomic mass is 16.5. The fourth-order valence-electron chi connectivity index (χ4n) is 3.98. The molecule has 2 N–H and O–H groups in total. The average molecular weight is 445 g/mol. The van der Waals surface area contributed by atoms with E-state index in [0.717, 1.165) is 24.8 Å². The van der Waals surface area contributed by atoms with Crippen molar-refractivity contribution < 1.29 is 14.3 Å². The second-order valence-corrected chi connectivity index (χ2v) is 8.11. The van der Waals surface area contributed by atoms with E-state index in [1.807, 2.05) is 66.7 Å². The van der Waals surface area contributed by atoms with Crippen LogP contribution in [0, 0.1) is 0 Å². The van der Waals surface area contributed by atoms with E-state index < -0.39 is 6.09 Å². The van der Waals surface area contributed by atoms with Crippen LogP contribution in [0.15, 0.2) is 91.0 Å². The number of amides is 2. The third-order valence-corrected chi connectivity index (χ3v) is 5.80. The fourth-order valence-corrected chi connectivity index (χ4v) is 3.98. The van der Waals surface area contributed by atoms with E-state index in [9.17, 15) is 9.59 Å². The van der Waals surface area contributed by atoms with Gasteiger partial charge in [-0.1, -0.05) is 111 Å². The van der Waals surface area contributed by atoms with Gasteiger partial charge in [-0.15, -0.1) is 0 Å². The minimum Gasteiger partial charge on any atom is -0.445 e. The van der Waals surface area contributed by atoms with Crippen LogP contribution in [0.3, 0.4) is 0 Å². The standard InChI is InChI=1S/C28H32N2O3/c1-2-3-19-28(24-15-9-5-10-16-24,25-17-11-6-12-18-25)22-30-26(31)20-29-27(32)33-21-23-13-7-4-8-14-23/h4-18H,2-3,19-22H2,1H3,(H,29,32)(H,30,31). The van der Waals surface area contributed by atoms with Gasteiger partial charge >= 0.3 is 6.09 Å². The molecule has 0 atom stereocenters. The Morgan fingerprint density at radius 2 is 1.33 bits per heavy atom. The Kier molecular flexibility index (Phi) is 9.07. The molecule has 0 aliphatic rings. The minimum absolute atomic E-state index is 0.138. The zero-order valence-electron chi connectivity index (χ0n) is 19.1. The van der Waals surface area contributed by atoms with E-state index in [-0.39, 0.29) is 24.5 Å². The van der Waals surface area contributed by atoms with Crippen LogP contribution in [0.2, 0.25) is 0 Å². The van der Waals surface area contributed by atoms with Gasteiger partial charge in [0.1, 0.15) is 6.61 Å². The van der Waals surface area contributed by atoms with E-state index in [1.54, 1.807) is 0 Å². The summed E-state index contributed by atoms with van der Waals surface area (Å²) < 4.78 is 5.19. The molecule has 3 rings (SSSR count). The van der Waals surface area contributed by atoms with E-state index in [2.05, 4.69) is 41.8 Å². The molecule has 3 aromatic carbocycles. The molecule has 172 valence electrons. The summed E-state index contributed by atoms with van der Waals surface area (Å²) in [7, 11) is 0. The number of carbonyl (C=O) groups is 2. The van der Waals surface area contributed by atoms with Crippen molar-refractivity contribution in [1.29, 1.82) is 0 Å². The maximum absolute atomic E-state index is 12.6. The second-order valence-electron chi connectivity index (χ2n) is 8.11. The molecule has 0 aliphatic heterocycles. The quantitative estimate of drug-likeness (QED) is 0.427. The van der Waals surface area contributed by atoms with Crippen molar-refractivity contribution in [2.45, 2.75) is 38.2 Å². The normalized spacial score (nSPS) is 10.9. The number of hydrogen-bond donors (Lipinski definition) is 2. The molecule has 5 nitrogen and oxygen atoms in total. The predicted octanol–water partition coefficient (Wildman–Crippen LogP) is 5.21. The summed E-state index contributed by atoms with van der Waals surface area (Å²) in [5, 5.41) is 5.59. The third kappa shape index (κ3) is 6.94. The van der Waals surface area contributed by atoms with Gasteiger partial charge in [-0.05, 0) is 23.1 Å². The molecular formula is C28H32N2O3. The summed E-state index contributed by atoms with van der Waals surface area (Å²) >= 11 is 0. The summed E-state index contributed by atoms with van der Waals surface area (Å²) in [4.78, 5) is 24.6. The average Bonchev–Trinajstić information content (AvgIpc) is 2.88. The Balaban J connectivity index is 1.64. The lowest BCUT2D eigenvalue weighted by atomic mass is 9.71. The van der Waals surface area contributed by atoms with Crippen molar-refractivity contribution in [3.05, 3.63) is 108 Å². The van der Waals surface area contributed by atoms with E-state index >= 15 is 0 Å². The summed E-state index contributed by atoms with van der Waals surface area (Å²) in [5.74, 6) is -0.251. The molecule has 3 aromatic rings. The van der Waals surface area contributed by atoms with Crippen molar-refractivity contribution in [2.24, 2.45) is 0 Å². The Bertz CT molecular complexity index is 952. The van der Waals surface area contributed by atoms with Crippen LogP contribution in [0.1, 0.15) is 42.9 Å². The molecule has 0 aliphatic carbocycles. The van der Waals surface area contributed by atoms with Crippen LogP contribution in [0.5, 0.6) is 0 Å². The lowest BCUT2D eigenvalue weighted by Crippen LogP contribution is -2.45. The van der Waals surface area contributed by atoms with Crippen LogP contribution in [-0.4, -0.2) is 25.1 Å². The molecule has 0 fully saturated rings. The van der Waals surface area contributed by atoms with Gasteiger partial charge < -0.3 is 15.4 Å². The topological polar surface area (TPSA) is 67.4 Å². The number of benzene rings is 3. The largest absolute Gasteiger partial charge is 0.445 e. The Morgan fingerprint density at radius 3 is 1.88 bits per heavy atom. The highest BCUT2D eigenvalue weighted by Crippen LogP contribution is 2.36. The van der Waals surface area contributed by atoms with E-state index in [0.29, 0.717) is 6.54 Å². The molecule has 2 amide bonds. The maximum atomic E-state index is 12.6. The lowest BCUT2D eigenvalue weighted by Gasteiger charge is -2.35. The number of unbranched alkanes of at least 4 members (excludes halogenated alkanes) is 1. The number of alkyl carbamates (subject to hydrolysis) is 1. The van der Waals surface area contributed by atoms with E-state index in [1.165, 1.54) is 11.1 Å². The highest BCUT2D eigenvalue weighted by molar-refractivity contribution is 5.82. The Hall–Kier alpha value is -3.60. The van der Waals surface area contributed by atoms with Crippen molar-refractivity contribution in [1.82, 2.24) is 10.6 Å². The SMILES string of the molecule is CCCCC(CNC(=O)CNC(=O)OCc1ccccc1)(c1ccccc1)c1ccccc1. The molecular weight excluding hydrogens is 412 g/mol. The van der Waals surface area contributed by atoms with E-state index in [4.69, 9.17) is 4.74 Å². The number of carbonyl (C=O) groups excluding carboxylic acids is 2. The summed E-state index contributed by atoms with van der Waals surface area (Å²) in [5.41, 5.74) is 2.88. The third-order valence-electron chi connectivity index (χ3n) is 5.80. The van der Waals surface area contributed by atoms with Gasteiger partial charge in [-0.2, -0.15) is 0 Å². The zero-order valence-corrected chi connectivity index (χ0v) is 19.1. The van der Waals surface area contributed by atoms with Gasteiger partial charge in [0.25, 0.3) is 0 Å². The van der Waals surface area contributed by atoms with Crippen molar-refractivity contribution in [3.8, 4) is 0 Å². The first-order valence-corrected chi connectivity index (χ1v) is 11.5. The highest BCUT2D eigenvalue weighted by Gasteiger charge is 2.34. The van der Waals surface area contributed by atoms with Gasteiger partial charge in [0.2, 0.25) is 5.91 Å². The van der Waals surface area contributed by atoms with Crippen LogP contribution < -0.4 is 10.6 Å². The van der Waals surface area contributed by atoms with Crippen LogP contribution in [0.4, 0.5) is 4.79 Å². The first-order valence-electron chi connectivity index (χ1n) is 11.5. The second kappa shape index (κ2) is 12.4. The molecule has 0 unspecified atom stereocenters. The van der Waals surface area contributed by atoms with Gasteiger partial charge in [-0.25, -0.2) is 4.79 Å². The minimum atomic E-state index is -0.614. The van der Waals surface area contributed by atoms with Crippen LogP contribution in [0.25, 0.3) is 0 Å². The smallest absolute Gasteiger partial charge is 0.407 e. The molecule has 0 heterocycles. The van der Waals surface area contributed by atoms with Gasteiger partial charge in [0, 0.05) is 12.0 Å². The molecule has 5 heteroatoms. The summed E-state index contributed by atoms with van der Waals surface area (Å²) in [6.07, 6.45) is 2.38. The Morgan fingerprint density at radius 1 is 0.788 bits per heavy atom. The molecule has 0 spiro atoms. The lowest BCUT2D eigenvalue weighted by molar-refractivity contribution is -0.120. The summed E-state index contributed by atoms with van der Waals surface area (Å²) in [6.45, 7) is 2.64. The fraction of sp³-hybridized carbons (Fsp3) is 0.286. The Labute approximate surface area is 196 Å². The monoisotopic (exact) mass is 444 g/mol. The molecule has 0 aromatic heterocycles. The summed E-state index contributed by atoms with van der Waals surface area (Å²) in [6, 6.07) is 30.0. The first kappa shape index (κ1) is 24.1. The van der Waals surface area contributed by atoms with Gasteiger partial charge in [-0.3, -0.25) is 4.79 Å². The first-order chi connectivity index (χ1) is 16.1. The zero-order chi connectivity index (χ0) is 23.4. The number of ether oxygens (including phenoxy) is 1. The molecule has 33 heavy (non-hydrogen) atoms. The van der Waals surface area contributed by atoms with Crippen molar-refractivity contribution in [2.75, 3.05) is 13.1 Å². The predicted molar refractivity (Wildman–Crippen MR) is 131 cm³/mol. The maximum Gasteiger partial charge on any atom is 0.407 e. The molecule has 0 radical (unpaired) electrons. The van der Waals surface area contributed by atoms with Crippen LogP contribution >= 0.6 is 0 Å².